The first-order valence-corrected chi connectivity index (χ1v) is 9.75. The van der Waals surface area contributed by atoms with Gasteiger partial charge in [-0.25, -0.2) is 0 Å². The Hall–Kier alpha value is 0.0729. The molecule has 0 aromatic rings. The second-order valence-corrected chi connectivity index (χ2v) is 13.7. The third-order valence-corrected chi connectivity index (χ3v) is 13.5. The molecule has 0 aromatic carbocycles. The molecule has 72 valence electrons. The van der Waals surface area contributed by atoms with Gasteiger partial charge in [-0.1, -0.05) is 0 Å². The molecule has 0 aromatic heterocycles. The van der Waals surface area contributed by atoms with Crippen molar-refractivity contribution in [2.24, 2.45) is 0 Å². The van der Waals surface area contributed by atoms with E-state index >= 15 is 0 Å². The van der Waals surface area contributed by atoms with E-state index in [1.807, 2.05) is 20.8 Å². The van der Waals surface area contributed by atoms with Crippen LogP contribution in [0.1, 0.15) is 20.8 Å². The maximum absolute atomic E-state index is 13.1. The van der Waals surface area contributed by atoms with E-state index in [9.17, 15) is 13.2 Å². The Morgan fingerprint density at radius 1 is 0.917 bits per heavy atom. The van der Waals surface area contributed by atoms with Gasteiger partial charge in [0.2, 0.25) is 0 Å². The Morgan fingerprint density at radius 2 is 1.25 bits per heavy atom. The summed E-state index contributed by atoms with van der Waals surface area (Å²) in [5.41, 5.74) is 0. The molecule has 12 heavy (non-hydrogen) atoms. The van der Waals surface area contributed by atoms with Gasteiger partial charge >= 0.3 is 73.7 Å². The van der Waals surface area contributed by atoms with Gasteiger partial charge in [0.15, 0.2) is 0 Å². The average molecular weight is 241 g/mol. The number of hydrogen-bond acceptors (Lipinski definition) is 0. The zero-order chi connectivity index (χ0) is 9.78. The van der Waals surface area contributed by atoms with Crippen LogP contribution in [0.25, 0.3) is 0 Å². The molecule has 0 atom stereocenters. The van der Waals surface area contributed by atoms with Crippen LogP contribution in [0.15, 0.2) is 10.7 Å². The molecule has 0 aliphatic rings. The predicted molar refractivity (Wildman–Crippen MR) is 47.5 cm³/mol. The maximum atomic E-state index is 13.1. The molecule has 0 nitrogen and oxygen atoms in total. The molecule has 0 radical (unpaired) electrons. The minimum absolute atomic E-state index is 0.607. The Kier molecular flexibility index (Phi) is 4.98. The van der Waals surface area contributed by atoms with Crippen molar-refractivity contribution >= 4 is 13.3 Å². The van der Waals surface area contributed by atoms with Gasteiger partial charge in [0.05, 0.1) is 0 Å². The SMILES string of the molecule is C[CH2][Ge]([CH2]C)([CH2]C)[C](F)=C(F)F. The van der Waals surface area contributed by atoms with Crippen molar-refractivity contribution in [2.75, 3.05) is 0 Å². The monoisotopic (exact) mass is 242 g/mol. The van der Waals surface area contributed by atoms with E-state index in [0.717, 1.165) is 0 Å². The van der Waals surface area contributed by atoms with E-state index < -0.39 is 24.0 Å². The fourth-order valence-corrected chi connectivity index (χ4v) is 7.36. The van der Waals surface area contributed by atoms with Crippen molar-refractivity contribution in [1.82, 2.24) is 0 Å². The Morgan fingerprint density at radius 3 is 1.33 bits per heavy atom. The summed E-state index contributed by atoms with van der Waals surface area (Å²) >= 11 is -2.94. The molecule has 0 saturated heterocycles. The first-order valence-electron chi connectivity index (χ1n) is 4.25. The van der Waals surface area contributed by atoms with Crippen LogP contribution >= 0.6 is 0 Å². The molecule has 0 rings (SSSR count). The molecule has 0 aliphatic carbocycles. The summed E-state index contributed by atoms with van der Waals surface area (Å²) in [4.78, 5) is 0. The molecule has 0 bridgehead atoms. The molecule has 4 heteroatoms. The van der Waals surface area contributed by atoms with Gasteiger partial charge in [0, 0.05) is 0 Å². The van der Waals surface area contributed by atoms with Crippen molar-refractivity contribution in [1.29, 1.82) is 0 Å². The number of hydrogen-bond donors (Lipinski definition) is 0. The van der Waals surface area contributed by atoms with Crippen molar-refractivity contribution in [3.63, 3.8) is 0 Å². The molecule has 0 aliphatic heterocycles. The summed E-state index contributed by atoms with van der Waals surface area (Å²) in [7, 11) is 0. The van der Waals surface area contributed by atoms with Crippen molar-refractivity contribution in [3.05, 3.63) is 10.7 Å². The van der Waals surface area contributed by atoms with Crippen molar-refractivity contribution in [3.8, 4) is 0 Å². The fourth-order valence-electron chi connectivity index (χ4n) is 1.42. The third-order valence-electron chi connectivity index (χ3n) is 2.66. The molecule has 0 spiro atoms. The third kappa shape index (κ3) is 2.28. The molecule has 0 unspecified atom stereocenters. The number of rotatable bonds is 4. The summed E-state index contributed by atoms with van der Waals surface area (Å²) in [6.45, 7) is 5.44. The van der Waals surface area contributed by atoms with Crippen LogP contribution in [-0.2, 0) is 0 Å². The Bertz CT molecular complexity index is 161. The van der Waals surface area contributed by atoms with Crippen LogP contribution in [0, 0.1) is 0 Å². The van der Waals surface area contributed by atoms with Gasteiger partial charge < -0.3 is 0 Å². The summed E-state index contributed by atoms with van der Waals surface area (Å²) in [5, 5.41) is 1.82. The Labute approximate surface area is 74.2 Å². The van der Waals surface area contributed by atoms with Crippen LogP contribution in [0.4, 0.5) is 13.2 Å². The van der Waals surface area contributed by atoms with Crippen LogP contribution in [-0.4, -0.2) is 13.3 Å². The predicted octanol–water partition coefficient (Wildman–Crippen LogP) is 4.11. The van der Waals surface area contributed by atoms with E-state index in [4.69, 9.17) is 0 Å². The fraction of sp³-hybridized carbons (Fsp3) is 0.750. The van der Waals surface area contributed by atoms with Gasteiger partial charge in [0.1, 0.15) is 0 Å². The second kappa shape index (κ2) is 4.95. The molecule has 0 saturated carbocycles. The van der Waals surface area contributed by atoms with Crippen LogP contribution < -0.4 is 0 Å². The standard InChI is InChI=1S/C8H15F3Ge/c1-4-12(5-2,6-3)8(11)7(9)10/h4-6H2,1-3H3. The topological polar surface area (TPSA) is 0 Å². The zero-order valence-electron chi connectivity index (χ0n) is 7.76. The molecule has 0 amide bonds. The summed E-state index contributed by atoms with van der Waals surface area (Å²) in [5.74, 6) is 0. The van der Waals surface area contributed by atoms with Crippen molar-refractivity contribution < 1.29 is 13.2 Å². The molecule has 0 N–H and O–H groups in total. The molecular formula is C8H15F3Ge. The summed E-state index contributed by atoms with van der Waals surface area (Å²) in [6.07, 6.45) is -2.08. The normalized spacial score (nSPS) is 11.5. The van der Waals surface area contributed by atoms with E-state index in [2.05, 4.69) is 0 Å². The first kappa shape index (κ1) is 12.1. The quantitative estimate of drug-likeness (QED) is 0.649. The van der Waals surface area contributed by atoms with Crippen LogP contribution in [0.2, 0.25) is 15.8 Å². The van der Waals surface area contributed by atoms with Gasteiger partial charge in [0.25, 0.3) is 0 Å². The van der Waals surface area contributed by atoms with Crippen LogP contribution in [0.3, 0.4) is 0 Å². The molecule has 0 fully saturated rings. The van der Waals surface area contributed by atoms with Crippen LogP contribution in [0.5, 0.6) is 0 Å². The van der Waals surface area contributed by atoms with E-state index in [0.29, 0.717) is 15.8 Å². The van der Waals surface area contributed by atoms with Gasteiger partial charge in [-0.2, -0.15) is 0 Å². The molecular weight excluding hydrogens is 226 g/mol. The van der Waals surface area contributed by atoms with E-state index in [1.54, 1.807) is 0 Å². The first-order chi connectivity index (χ1) is 5.54. The van der Waals surface area contributed by atoms with Gasteiger partial charge in [-0.3, -0.25) is 0 Å². The zero-order valence-corrected chi connectivity index (χ0v) is 9.85. The average Bonchev–Trinajstić information content (AvgIpc) is 2.08. The second-order valence-electron chi connectivity index (χ2n) is 2.92. The van der Waals surface area contributed by atoms with E-state index in [-0.39, 0.29) is 0 Å². The minimum atomic E-state index is -2.94. The van der Waals surface area contributed by atoms with Gasteiger partial charge in [-0.15, -0.1) is 0 Å². The van der Waals surface area contributed by atoms with Crippen molar-refractivity contribution in [2.45, 2.75) is 36.5 Å². The Balaban J connectivity index is 4.84. The molecule has 0 heterocycles. The summed E-state index contributed by atoms with van der Waals surface area (Å²) in [6, 6.07) is 0. The van der Waals surface area contributed by atoms with Gasteiger partial charge in [-0.05, 0) is 0 Å². The summed E-state index contributed by atoms with van der Waals surface area (Å²) < 4.78 is 36.1. The number of halogens is 3. The van der Waals surface area contributed by atoms with E-state index in [1.165, 1.54) is 0 Å².